The summed E-state index contributed by atoms with van der Waals surface area (Å²) in [5, 5.41) is 5.81. The zero-order chi connectivity index (χ0) is 12.9. The topological polar surface area (TPSA) is 41.1 Å². The molecule has 1 atom stereocenters. The predicted octanol–water partition coefficient (Wildman–Crippen LogP) is 1.83. The third-order valence-corrected chi connectivity index (χ3v) is 3.03. The highest BCUT2D eigenvalue weighted by Gasteiger charge is 2.29. The van der Waals surface area contributed by atoms with Crippen LogP contribution < -0.4 is 10.6 Å². The number of nitrogens with one attached hydrogen (secondary N) is 2. The highest BCUT2D eigenvalue weighted by atomic mass is 19.4. The summed E-state index contributed by atoms with van der Waals surface area (Å²) in [4.78, 5) is 11.2. The number of amides is 1. The molecular weight excluding hydrogens is 233 g/mol. The molecule has 0 saturated carbocycles. The van der Waals surface area contributed by atoms with Crippen LogP contribution >= 0.6 is 0 Å². The van der Waals surface area contributed by atoms with Crippen molar-refractivity contribution in [2.24, 2.45) is 5.41 Å². The first-order chi connectivity index (χ1) is 7.81. The van der Waals surface area contributed by atoms with E-state index in [-0.39, 0.29) is 5.41 Å². The number of piperidine rings is 1. The Kier molecular flexibility index (Phi) is 4.80. The standard InChI is InChI=1S/C11H19F3N2O/c1-10(4-2-6-15-7-10)8-16-9(17)3-5-11(12,13)14/h15H,2-8H2,1H3,(H,16,17). The predicted molar refractivity (Wildman–Crippen MR) is 58.5 cm³/mol. The van der Waals surface area contributed by atoms with Crippen molar-refractivity contribution in [3.8, 4) is 0 Å². The molecule has 0 aromatic heterocycles. The van der Waals surface area contributed by atoms with Crippen LogP contribution in [0.5, 0.6) is 0 Å². The molecule has 3 nitrogen and oxygen atoms in total. The van der Waals surface area contributed by atoms with E-state index in [1.807, 2.05) is 6.92 Å². The second-order valence-corrected chi connectivity index (χ2v) is 4.98. The summed E-state index contributed by atoms with van der Waals surface area (Å²) in [6, 6.07) is 0. The third-order valence-electron chi connectivity index (χ3n) is 3.03. The van der Waals surface area contributed by atoms with Crippen LogP contribution in [-0.2, 0) is 4.79 Å². The molecule has 6 heteroatoms. The van der Waals surface area contributed by atoms with E-state index in [0.29, 0.717) is 6.54 Å². The molecule has 0 aromatic carbocycles. The fraction of sp³-hybridized carbons (Fsp3) is 0.909. The molecule has 0 radical (unpaired) electrons. The average molecular weight is 252 g/mol. The monoisotopic (exact) mass is 252 g/mol. The molecule has 0 bridgehead atoms. The number of alkyl halides is 3. The number of hydrogen-bond acceptors (Lipinski definition) is 2. The van der Waals surface area contributed by atoms with Crippen LogP contribution in [0.25, 0.3) is 0 Å². The Hall–Kier alpha value is -0.780. The van der Waals surface area contributed by atoms with Gasteiger partial charge in [-0.3, -0.25) is 4.79 Å². The van der Waals surface area contributed by atoms with Crippen LogP contribution in [0.1, 0.15) is 32.6 Å². The number of carbonyl (C=O) groups is 1. The van der Waals surface area contributed by atoms with Gasteiger partial charge in [0.25, 0.3) is 0 Å². The van der Waals surface area contributed by atoms with E-state index in [0.717, 1.165) is 25.9 Å². The molecule has 1 rings (SSSR count). The largest absolute Gasteiger partial charge is 0.389 e. The third kappa shape index (κ3) is 5.91. The van der Waals surface area contributed by atoms with Gasteiger partial charge in [-0.1, -0.05) is 6.92 Å². The van der Waals surface area contributed by atoms with E-state index in [1.54, 1.807) is 0 Å². The van der Waals surface area contributed by atoms with Crippen molar-refractivity contribution in [1.29, 1.82) is 0 Å². The molecule has 1 heterocycles. The zero-order valence-corrected chi connectivity index (χ0v) is 9.99. The van der Waals surface area contributed by atoms with Gasteiger partial charge in [-0.25, -0.2) is 0 Å². The fourth-order valence-corrected chi connectivity index (χ4v) is 1.93. The minimum absolute atomic E-state index is 0.0356. The maximum Gasteiger partial charge on any atom is 0.389 e. The summed E-state index contributed by atoms with van der Waals surface area (Å²) in [6.07, 6.45) is -3.76. The van der Waals surface area contributed by atoms with Crippen LogP contribution in [0.15, 0.2) is 0 Å². The first-order valence-electron chi connectivity index (χ1n) is 5.85. The van der Waals surface area contributed by atoms with Gasteiger partial charge < -0.3 is 10.6 Å². The molecule has 1 amide bonds. The van der Waals surface area contributed by atoms with E-state index in [2.05, 4.69) is 10.6 Å². The molecule has 1 aliphatic heterocycles. The van der Waals surface area contributed by atoms with Gasteiger partial charge >= 0.3 is 6.18 Å². The van der Waals surface area contributed by atoms with Gasteiger partial charge in [-0.2, -0.15) is 13.2 Å². The van der Waals surface area contributed by atoms with E-state index < -0.39 is 24.9 Å². The fourth-order valence-electron chi connectivity index (χ4n) is 1.93. The minimum atomic E-state index is -4.26. The first-order valence-corrected chi connectivity index (χ1v) is 5.85. The Bertz CT molecular complexity index is 260. The van der Waals surface area contributed by atoms with E-state index >= 15 is 0 Å². The molecule has 17 heavy (non-hydrogen) atoms. The van der Waals surface area contributed by atoms with E-state index in [1.165, 1.54) is 0 Å². The second kappa shape index (κ2) is 5.71. The first kappa shape index (κ1) is 14.3. The van der Waals surface area contributed by atoms with Gasteiger partial charge in [0.05, 0.1) is 6.42 Å². The van der Waals surface area contributed by atoms with Crippen LogP contribution in [-0.4, -0.2) is 31.7 Å². The highest BCUT2D eigenvalue weighted by Crippen LogP contribution is 2.24. The summed E-state index contributed by atoms with van der Waals surface area (Å²) in [6.45, 7) is 4.24. The van der Waals surface area contributed by atoms with Gasteiger partial charge in [0, 0.05) is 19.5 Å². The van der Waals surface area contributed by atoms with Crippen molar-refractivity contribution in [3.63, 3.8) is 0 Å². The highest BCUT2D eigenvalue weighted by molar-refractivity contribution is 5.75. The smallest absolute Gasteiger partial charge is 0.356 e. The summed E-state index contributed by atoms with van der Waals surface area (Å²) < 4.78 is 35.7. The Morgan fingerprint density at radius 3 is 2.71 bits per heavy atom. The zero-order valence-electron chi connectivity index (χ0n) is 9.99. The number of halogens is 3. The Morgan fingerprint density at radius 1 is 1.47 bits per heavy atom. The summed E-state index contributed by atoms with van der Waals surface area (Å²) in [5.41, 5.74) is -0.0356. The van der Waals surface area contributed by atoms with Gasteiger partial charge in [-0.15, -0.1) is 0 Å². The molecule has 0 aromatic rings. The summed E-state index contributed by atoms with van der Waals surface area (Å²) in [5.74, 6) is -0.519. The van der Waals surface area contributed by atoms with Crippen molar-refractivity contribution in [2.45, 2.75) is 38.8 Å². The van der Waals surface area contributed by atoms with Crippen molar-refractivity contribution in [2.75, 3.05) is 19.6 Å². The van der Waals surface area contributed by atoms with Crippen LogP contribution in [0.3, 0.4) is 0 Å². The molecule has 0 spiro atoms. The quantitative estimate of drug-likeness (QED) is 0.801. The Morgan fingerprint density at radius 2 is 2.18 bits per heavy atom. The normalized spacial score (nSPS) is 25.6. The van der Waals surface area contributed by atoms with Gasteiger partial charge in [0.1, 0.15) is 0 Å². The lowest BCUT2D eigenvalue weighted by Gasteiger charge is -2.34. The van der Waals surface area contributed by atoms with Crippen molar-refractivity contribution in [1.82, 2.24) is 10.6 Å². The lowest BCUT2D eigenvalue weighted by molar-refractivity contribution is -0.144. The van der Waals surface area contributed by atoms with Crippen molar-refractivity contribution >= 4 is 5.91 Å². The molecule has 1 aliphatic rings. The lowest BCUT2D eigenvalue weighted by atomic mass is 9.83. The van der Waals surface area contributed by atoms with Crippen LogP contribution in [0.4, 0.5) is 13.2 Å². The van der Waals surface area contributed by atoms with Crippen molar-refractivity contribution in [3.05, 3.63) is 0 Å². The van der Waals surface area contributed by atoms with Gasteiger partial charge in [0.2, 0.25) is 5.91 Å². The SMILES string of the molecule is CC1(CNC(=O)CCC(F)(F)F)CCCNC1. The number of carbonyl (C=O) groups excluding carboxylic acids is 1. The van der Waals surface area contributed by atoms with Crippen molar-refractivity contribution < 1.29 is 18.0 Å². The van der Waals surface area contributed by atoms with Crippen LogP contribution in [0, 0.1) is 5.41 Å². The molecule has 1 saturated heterocycles. The molecule has 100 valence electrons. The van der Waals surface area contributed by atoms with E-state index in [4.69, 9.17) is 0 Å². The van der Waals surface area contributed by atoms with Gasteiger partial charge in [-0.05, 0) is 24.8 Å². The Balaban J connectivity index is 2.23. The average Bonchev–Trinajstić information content (AvgIpc) is 2.24. The second-order valence-electron chi connectivity index (χ2n) is 4.98. The lowest BCUT2D eigenvalue weighted by Crippen LogP contribution is -2.45. The molecule has 1 fully saturated rings. The molecule has 0 aliphatic carbocycles. The summed E-state index contributed by atoms with van der Waals surface area (Å²) >= 11 is 0. The summed E-state index contributed by atoms with van der Waals surface area (Å²) in [7, 11) is 0. The number of rotatable bonds is 4. The van der Waals surface area contributed by atoms with Gasteiger partial charge in [0.15, 0.2) is 0 Å². The Labute approximate surface area is 99.1 Å². The molecular formula is C11H19F3N2O. The van der Waals surface area contributed by atoms with Crippen LogP contribution in [0.2, 0.25) is 0 Å². The minimum Gasteiger partial charge on any atom is -0.356 e. The maximum atomic E-state index is 11.9. The number of hydrogen-bond donors (Lipinski definition) is 2. The molecule has 2 N–H and O–H groups in total. The van der Waals surface area contributed by atoms with E-state index in [9.17, 15) is 18.0 Å². The molecule has 1 unspecified atom stereocenters. The maximum absolute atomic E-state index is 11.9.